The summed E-state index contributed by atoms with van der Waals surface area (Å²) in [6, 6.07) is 5.53. The molecule has 1 atom stereocenters. The van der Waals surface area contributed by atoms with E-state index in [2.05, 4.69) is 15.1 Å². The number of carbonyl (C=O) groups excluding carboxylic acids is 1. The van der Waals surface area contributed by atoms with Crippen molar-refractivity contribution in [3.8, 4) is 0 Å². The first-order valence-electron chi connectivity index (χ1n) is 9.75. The summed E-state index contributed by atoms with van der Waals surface area (Å²) >= 11 is 0. The van der Waals surface area contributed by atoms with Crippen molar-refractivity contribution in [1.29, 1.82) is 0 Å². The number of likely N-dealkylation sites (tertiary alicyclic amines) is 1. The molecule has 3 N–H and O–H groups in total. The van der Waals surface area contributed by atoms with Crippen LogP contribution < -0.4 is 16.0 Å². The molecular weight excluding hydrogens is 442 g/mol. The number of anilines is 1. The summed E-state index contributed by atoms with van der Waals surface area (Å²) in [6.45, 7) is 6.42. The molecule has 2 amide bonds. The van der Waals surface area contributed by atoms with Gasteiger partial charge < -0.3 is 20.9 Å². The number of carbonyl (C=O) groups is 1. The summed E-state index contributed by atoms with van der Waals surface area (Å²) < 4.78 is 38.8. The summed E-state index contributed by atoms with van der Waals surface area (Å²) in [5, 5.41) is 2.62. The standard InChI is InChI=1S/C19H28F3N5O.2ClH/c20-19(21,22)15-3-1-4-16(13-15)26-9-11-27(12-10-26)17-5-2-7-25(14-17)8-6-24-18(23)28;;/h1,3-4,13,17H,2,5-12,14H2,(H3,23,24,28);2*1H. The highest BCUT2D eigenvalue weighted by molar-refractivity contribution is 5.85. The second-order valence-electron chi connectivity index (χ2n) is 7.46. The van der Waals surface area contributed by atoms with Gasteiger partial charge in [-0.15, -0.1) is 24.8 Å². The van der Waals surface area contributed by atoms with E-state index in [0.717, 1.165) is 64.7 Å². The Balaban J connectivity index is 0.00000225. The third-order valence-electron chi connectivity index (χ3n) is 5.58. The first-order valence-corrected chi connectivity index (χ1v) is 9.75. The molecule has 2 saturated heterocycles. The first-order chi connectivity index (χ1) is 13.3. The van der Waals surface area contributed by atoms with E-state index < -0.39 is 17.8 Å². The molecule has 2 fully saturated rings. The highest BCUT2D eigenvalue weighted by Gasteiger charge is 2.32. The van der Waals surface area contributed by atoms with Crippen molar-refractivity contribution < 1.29 is 18.0 Å². The van der Waals surface area contributed by atoms with Crippen LogP contribution in [0.15, 0.2) is 24.3 Å². The lowest BCUT2D eigenvalue weighted by Crippen LogP contribution is -2.55. The second-order valence-corrected chi connectivity index (χ2v) is 7.46. The van der Waals surface area contributed by atoms with E-state index in [1.165, 1.54) is 12.1 Å². The number of rotatable bonds is 5. The lowest BCUT2D eigenvalue weighted by atomic mass is 10.0. The Kier molecular flexibility index (Phi) is 10.5. The summed E-state index contributed by atoms with van der Waals surface area (Å²) in [5.74, 6) is 0. The van der Waals surface area contributed by atoms with Crippen molar-refractivity contribution in [3.63, 3.8) is 0 Å². The van der Waals surface area contributed by atoms with E-state index in [0.29, 0.717) is 18.3 Å². The van der Waals surface area contributed by atoms with Gasteiger partial charge in [-0.05, 0) is 37.6 Å². The summed E-state index contributed by atoms with van der Waals surface area (Å²) in [6.07, 6.45) is -2.08. The minimum absolute atomic E-state index is 0. The number of nitrogens with zero attached hydrogens (tertiary/aromatic N) is 3. The fourth-order valence-corrected chi connectivity index (χ4v) is 4.09. The zero-order chi connectivity index (χ0) is 20.1. The Morgan fingerprint density at radius 1 is 1.13 bits per heavy atom. The fourth-order valence-electron chi connectivity index (χ4n) is 4.09. The van der Waals surface area contributed by atoms with Crippen LogP contribution in [-0.4, -0.2) is 74.2 Å². The maximum atomic E-state index is 12.9. The van der Waals surface area contributed by atoms with Crippen LogP contribution in [0, 0.1) is 0 Å². The van der Waals surface area contributed by atoms with E-state index in [4.69, 9.17) is 5.73 Å². The van der Waals surface area contributed by atoms with Crippen molar-refractivity contribution >= 4 is 36.5 Å². The monoisotopic (exact) mass is 471 g/mol. The lowest BCUT2D eigenvalue weighted by Gasteiger charge is -2.44. The zero-order valence-corrected chi connectivity index (χ0v) is 18.4. The number of hydrogen-bond acceptors (Lipinski definition) is 4. The average Bonchev–Trinajstić information content (AvgIpc) is 2.68. The van der Waals surface area contributed by atoms with Crippen LogP contribution in [-0.2, 0) is 6.18 Å². The highest BCUT2D eigenvalue weighted by Crippen LogP contribution is 2.32. The largest absolute Gasteiger partial charge is 0.416 e. The fraction of sp³-hybridized carbons (Fsp3) is 0.632. The molecule has 30 heavy (non-hydrogen) atoms. The molecule has 0 spiro atoms. The Morgan fingerprint density at radius 3 is 2.47 bits per heavy atom. The zero-order valence-electron chi connectivity index (χ0n) is 16.7. The Labute approximate surface area is 187 Å². The molecule has 11 heteroatoms. The van der Waals surface area contributed by atoms with E-state index >= 15 is 0 Å². The van der Waals surface area contributed by atoms with Gasteiger partial charge in [0.15, 0.2) is 0 Å². The second kappa shape index (κ2) is 11.8. The van der Waals surface area contributed by atoms with Crippen LogP contribution in [0.5, 0.6) is 0 Å². The van der Waals surface area contributed by atoms with Gasteiger partial charge in [-0.25, -0.2) is 4.79 Å². The normalized spacial score (nSPS) is 20.8. The number of halogens is 5. The van der Waals surface area contributed by atoms with Crippen molar-refractivity contribution in [2.24, 2.45) is 5.73 Å². The van der Waals surface area contributed by atoms with Crippen LogP contribution in [0.2, 0.25) is 0 Å². The van der Waals surface area contributed by atoms with Gasteiger partial charge in [0.05, 0.1) is 5.56 Å². The van der Waals surface area contributed by atoms with Crippen molar-refractivity contribution in [2.75, 3.05) is 57.3 Å². The smallest absolute Gasteiger partial charge is 0.369 e. The highest BCUT2D eigenvalue weighted by atomic mass is 35.5. The van der Waals surface area contributed by atoms with Crippen molar-refractivity contribution in [2.45, 2.75) is 25.1 Å². The van der Waals surface area contributed by atoms with Crippen molar-refractivity contribution in [3.05, 3.63) is 29.8 Å². The maximum absolute atomic E-state index is 12.9. The van der Waals surface area contributed by atoms with Gasteiger partial charge in [0.2, 0.25) is 0 Å². The van der Waals surface area contributed by atoms with Gasteiger partial charge in [-0.1, -0.05) is 6.07 Å². The minimum atomic E-state index is -4.31. The molecule has 1 aromatic rings. The van der Waals surface area contributed by atoms with Crippen LogP contribution in [0.1, 0.15) is 18.4 Å². The molecule has 3 rings (SSSR count). The molecule has 2 aliphatic heterocycles. The van der Waals surface area contributed by atoms with E-state index in [1.54, 1.807) is 6.07 Å². The van der Waals surface area contributed by atoms with Gasteiger partial charge in [-0.2, -0.15) is 13.2 Å². The Hall–Kier alpha value is -1.42. The van der Waals surface area contributed by atoms with E-state index in [9.17, 15) is 18.0 Å². The van der Waals surface area contributed by atoms with Gasteiger partial charge in [0.1, 0.15) is 0 Å². The minimum Gasteiger partial charge on any atom is -0.369 e. The molecule has 0 bridgehead atoms. The average molecular weight is 472 g/mol. The maximum Gasteiger partial charge on any atom is 0.416 e. The van der Waals surface area contributed by atoms with Crippen LogP contribution >= 0.6 is 24.8 Å². The van der Waals surface area contributed by atoms with Gasteiger partial charge in [-0.3, -0.25) is 4.90 Å². The third-order valence-corrected chi connectivity index (χ3v) is 5.58. The third kappa shape index (κ3) is 7.37. The quantitative estimate of drug-likeness (QED) is 0.692. The van der Waals surface area contributed by atoms with E-state index in [-0.39, 0.29) is 24.8 Å². The molecule has 1 unspecified atom stereocenters. The Bertz CT molecular complexity index is 672. The van der Waals surface area contributed by atoms with Gasteiger partial charge >= 0.3 is 12.2 Å². The van der Waals surface area contributed by atoms with Crippen molar-refractivity contribution in [1.82, 2.24) is 15.1 Å². The number of primary amides is 1. The molecule has 172 valence electrons. The Morgan fingerprint density at radius 2 is 1.83 bits per heavy atom. The molecule has 0 aromatic heterocycles. The molecule has 2 aliphatic rings. The number of piperazine rings is 1. The summed E-state index contributed by atoms with van der Waals surface area (Å²) in [7, 11) is 0. The number of nitrogens with one attached hydrogen (secondary N) is 1. The van der Waals surface area contributed by atoms with E-state index in [1.807, 2.05) is 4.90 Å². The molecule has 1 aromatic carbocycles. The van der Waals surface area contributed by atoms with Crippen LogP contribution in [0.25, 0.3) is 0 Å². The number of alkyl halides is 3. The predicted molar refractivity (Wildman–Crippen MR) is 117 cm³/mol. The lowest BCUT2D eigenvalue weighted by molar-refractivity contribution is -0.137. The number of amides is 2. The van der Waals surface area contributed by atoms with Crippen LogP contribution in [0.3, 0.4) is 0 Å². The number of nitrogens with two attached hydrogens (primary N) is 1. The summed E-state index contributed by atoms with van der Waals surface area (Å²) in [5.41, 5.74) is 5.14. The molecule has 0 saturated carbocycles. The van der Waals surface area contributed by atoms with Gasteiger partial charge in [0, 0.05) is 57.5 Å². The molecule has 2 heterocycles. The number of urea groups is 1. The number of piperidine rings is 1. The predicted octanol–water partition coefficient (Wildman–Crippen LogP) is 2.80. The van der Waals surface area contributed by atoms with Gasteiger partial charge in [0.25, 0.3) is 0 Å². The molecular formula is C19H30Cl2F3N5O. The number of benzene rings is 1. The number of hydrogen-bond donors (Lipinski definition) is 2. The first kappa shape index (κ1) is 26.6. The SMILES string of the molecule is Cl.Cl.NC(=O)NCCN1CCCC(N2CCN(c3cccc(C(F)(F)F)c3)CC2)C1. The summed E-state index contributed by atoms with van der Waals surface area (Å²) in [4.78, 5) is 17.6. The molecule has 0 radical (unpaired) electrons. The topological polar surface area (TPSA) is 64.8 Å². The van der Waals surface area contributed by atoms with Crippen LogP contribution in [0.4, 0.5) is 23.7 Å². The molecule has 6 nitrogen and oxygen atoms in total. The molecule has 0 aliphatic carbocycles.